The van der Waals surface area contributed by atoms with Gasteiger partial charge in [-0.1, -0.05) is 23.2 Å². The predicted molar refractivity (Wildman–Crippen MR) is 101 cm³/mol. The molecule has 27 heavy (non-hydrogen) atoms. The van der Waals surface area contributed by atoms with Crippen LogP contribution < -0.4 is 4.90 Å². The zero-order chi connectivity index (χ0) is 19.0. The molecule has 142 valence electrons. The molecule has 0 atom stereocenters. The van der Waals surface area contributed by atoms with Gasteiger partial charge in [-0.2, -0.15) is 8.82 Å². The molecule has 1 aromatic carbocycles. The quantitative estimate of drug-likeness (QED) is 0.621. The van der Waals surface area contributed by atoms with E-state index < -0.39 is 10.0 Å². The number of hydrogen-bond acceptors (Lipinski definition) is 7. The van der Waals surface area contributed by atoms with Crippen molar-refractivity contribution in [1.29, 1.82) is 0 Å². The van der Waals surface area contributed by atoms with Crippen molar-refractivity contribution >= 4 is 44.7 Å². The molecule has 12 heteroatoms. The van der Waals surface area contributed by atoms with E-state index in [-0.39, 0.29) is 5.75 Å². The molecule has 0 unspecified atom stereocenters. The van der Waals surface area contributed by atoms with Crippen molar-refractivity contribution < 1.29 is 8.42 Å². The highest BCUT2D eigenvalue weighted by molar-refractivity contribution is 7.88. The van der Waals surface area contributed by atoms with Crippen molar-refractivity contribution in [1.82, 2.24) is 29.3 Å². The lowest BCUT2D eigenvalue weighted by Crippen LogP contribution is -2.49. The second-order valence-corrected chi connectivity index (χ2v) is 8.98. The topological polar surface area (TPSA) is 96.6 Å². The van der Waals surface area contributed by atoms with Gasteiger partial charge < -0.3 is 4.90 Å². The first kappa shape index (κ1) is 18.4. The van der Waals surface area contributed by atoms with E-state index in [1.807, 2.05) is 4.90 Å². The molecule has 1 saturated heterocycles. The average molecular weight is 428 g/mol. The standard InChI is InChI=1S/C15H15Cl2N7O2S/c16-12-5-11(6-13(17)7-12)10-27(25,26)23-3-1-22(2-4-23)15-9-18-8-14-19-20-21-24(14)15/h5-9H,1-4,10H2. The Labute approximate surface area is 165 Å². The Bertz CT molecular complexity index is 1060. The number of fused-ring (bicyclic) bond motifs is 1. The Balaban J connectivity index is 1.47. The summed E-state index contributed by atoms with van der Waals surface area (Å²) in [6, 6.07) is 4.81. The van der Waals surface area contributed by atoms with Crippen LogP contribution in [0.5, 0.6) is 0 Å². The van der Waals surface area contributed by atoms with Crippen molar-refractivity contribution in [2.24, 2.45) is 0 Å². The van der Waals surface area contributed by atoms with Gasteiger partial charge in [0, 0.05) is 36.2 Å². The number of aromatic nitrogens is 5. The minimum Gasteiger partial charge on any atom is -0.353 e. The molecule has 3 heterocycles. The lowest BCUT2D eigenvalue weighted by molar-refractivity contribution is 0.382. The number of anilines is 1. The van der Waals surface area contributed by atoms with Crippen molar-refractivity contribution in [2.75, 3.05) is 31.1 Å². The highest BCUT2D eigenvalue weighted by Crippen LogP contribution is 2.23. The fourth-order valence-electron chi connectivity index (χ4n) is 3.07. The van der Waals surface area contributed by atoms with E-state index in [0.717, 1.165) is 5.82 Å². The molecule has 2 aromatic heterocycles. The van der Waals surface area contributed by atoms with E-state index in [4.69, 9.17) is 23.2 Å². The van der Waals surface area contributed by atoms with Gasteiger partial charge >= 0.3 is 0 Å². The Morgan fingerprint density at radius 1 is 1.00 bits per heavy atom. The Morgan fingerprint density at radius 2 is 1.70 bits per heavy atom. The monoisotopic (exact) mass is 427 g/mol. The van der Waals surface area contributed by atoms with Gasteiger partial charge in [0.15, 0.2) is 11.5 Å². The molecular formula is C15H15Cl2N7O2S. The van der Waals surface area contributed by atoms with Crippen molar-refractivity contribution in [3.05, 3.63) is 46.2 Å². The first-order valence-electron chi connectivity index (χ1n) is 8.12. The zero-order valence-electron chi connectivity index (χ0n) is 14.0. The van der Waals surface area contributed by atoms with Crippen LogP contribution >= 0.6 is 23.2 Å². The number of hydrogen-bond donors (Lipinski definition) is 0. The van der Waals surface area contributed by atoms with Crippen molar-refractivity contribution in [3.8, 4) is 0 Å². The van der Waals surface area contributed by atoms with Crippen LogP contribution in [-0.2, 0) is 15.8 Å². The van der Waals surface area contributed by atoms with Gasteiger partial charge in [-0.3, -0.25) is 4.98 Å². The fraction of sp³-hybridized carbons (Fsp3) is 0.333. The van der Waals surface area contributed by atoms with E-state index in [1.54, 1.807) is 35.1 Å². The highest BCUT2D eigenvalue weighted by atomic mass is 35.5. The summed E-state index contributed by atoms with van der Waals surface area (Å²) in [4.78, 5) is 6.15. The van der Waals surface area contributed by atoms with Crippen LogP contribution in [-0.4, -0.2) is 63.9 Å². The zero-order valence-corrected chi connectivity index (χ0v) is 16.4. The van der Waals surface area contributed by atoms with E-state index in [1.165, 1.54) is 4.31 Å². The van der Waals surface area contributed by atoms with Crippen LogP contribution in [0.2, 0.25) is 10.0 Å². The van der Waals surface area contributed by atoms with Crippen LogP contribution in [0.15, 0.2) is 30.6 Å². The summed E-state index contributed by atoms with van der Waals surface area (Å²) in [7, 11) is -3.48. The lowest BCUT2D eigenvalue weighted by Gasteiger charge is -2.34. The maximum absolute atomic E-state index is 12.8. The number of sulfonamides is 1. The van der Waals surface area contributed by atoms with Crippen LogP contribution in [0.1, 0.15) is 5.56 Å². The second kappa shape index (κ2) is 7.19. The van der Waals surface area contributed by atoms with E-state index in [9.17, 15) is 8.42 Å². The van der Waals surface area contributed by atoms with Gasteiger partial charge in [0.05, 0.1) is 18.1 Å². The summed E-state index contributed by atoms with van der Waals surface area (Å²) in [6.07, 6.45) is 3.24. The van der Waals surface area contributed by atoms with Gasteiger partial charge in [-0.15, -0.1) is 5.10 Å². The molecule has 1 aliphatic rings. The Kier molecular flexibility index (Phi) is 4.89. The maximum atomic E-state index is 12.8. The second-order valence-electron chi connectivity index (χ2n) is 6.13. The van der Waals surface area contributed by atoms with Crippen LogP contribution in [0.4, 0.5) is 5.82 Å². The molecule has 0 spiro atoms. The van der Waals surface area contributed by atoms with Gasteiger partial charge in [-0.25, -0.2) is 8.42 Å². The van der Waals surface area contributed by atoms with Crippen LogP contribution in [0.25, 0.3) is 5.65 Å². The van der Waals surface area contributed by atoms with E-state index >= 15 is 0 Å². The summed E-state index contributed by atoms with van der Waals surface area (Å²) in [5.41, 5.74) is 1.11. The highest BCUT2D eigenvalue weighted by Gasteiger charge is 2.28. The molecule has 0 amide bonds. The summed E-state index contributed by atoms with van der Waals surface area (Å²) in [6.45, 7) is 1.73. The smallest absolute Gasteiger partial charge is 0.218 e. The molecule has 0 N–H and O–H groups in total. The lowest BCUT2D eigenvalue weighted by atomic mass is 10.2. The number of rotatable bonds is 4. The summed E-state index contributed by atoms with van der Waals surface area (Å²) in [5.74, 6) is 0.591. The molecule has 3 aromatic rings. The number of nitrogens with zero attached hydrogens (tertiary/aromatic N) is 7. The normalized spacial score (nSPS) is 16.1. The van der Waals surface area contributed by atoms with Crippen LogP contribution in [0.3, 0.4) is 0 Å². The SMILES string of the molecule is O=S(=O)(Cc1cc(Cl)cc(Cl)c1)N1CCN(c2cncc3nnnn23)CC1. The molecule has 0 bridgehead atoms. The van der Waals surface area contributed by atoms with Gasteiger partial charge in [0.2, 0.25) is 10.0 Å². The largest absolute Gasteiger partial charge is 0.353 e. The minimum absolute atomic E-state index is 0.141. The number of halogens is 2. The van der Waals surface area contributed by atoms with E-state index in [2.05, 4.69) is 20.5 Å². The molecular weight excluding hydrogens is 413 g/mol. The molecule has 9 nitrogen and oxygen atoms in total. The summed E-state index contributed by atoms with van der Waals surface area (Å²) >= 11 is 11.9. The first-order chi connectivity index (χ1) is 12.9. The molecule has 1 fully saturated rings. The summed E-state index contributed by atoms with van der Waals surface area (Å²) < 4.78 is 28.6. The maximum Gasteiger partial charge on any atom is 0.218 e. The average Bonchev–Trinajstić information content (AvgIpc) is 3.09. The molecule has 0 aliphatic carbocycles. The predicted octanol–water partition coefficient (Wildman–Crippen LogP) is 1.48. The molecule has 0 saturated carbocycles. The van der Waals surface area contributed by atoms with Gasteiger partial charge in [-0.05, 0) is 34.2 Å². The van der Waals surface area contributed by atoms with Crippen LogP contribution in [0, 0.1) is 0 Å². The van der Waals surface area contributed by atoms with Crippen molar-refractivity contribution in [2.45, 2.75) is 5.75 Å². The Hall–Kier alpha value is -2.01. The number of piperazine rings is 1. The minimum atomic E-state index is -3.48. The fourth-order valence-corrected chi connectivity index (χ4v) is 5.13. The van der Waals surface area contributed by atoms with Gasteiger partial charge in [0.1, 0.15) is 0 Å². The molecule has 1 aliphatic heterocycles. The first-order valence-corrected chi connectivity index (χ1v) is 10.5. The van der Waals surface area contributed by atoms with E-state index in [0.29, 0.717) is 47.4 Å². The van der Waals surface area contributed by atoms with Crippen molar-refractivity contribution in [3.63, 3.8) is 0 Å². The number of benzene rings is 1. The third-order valence-corrected chi connectivity index (χ3v) is 6.60. The third-order valence-electron chi connectivity index (χ3n) is 4.32. The summed E-state index contributed by atoms with van der Waals surface area (Å²) in [5, 5.41) is 12.3. The molecule has 0 radical (unpaired) electrons. The third kappa shape index (κ3) is 3.84. The number of tetrazole rings is 1. The molecule has 4 rings (SSSR count). The Morgan fingerprint density at radius 3 is 2.41 bits per heavy atom. The van der Waals surface area contributed by atoms with Gasteiger partial charge in [0.25, 0.3) is 0 Å².